The highest BCUT2D eigenvalue weighted by molar-refractivity contribution is 5.59. The molecule has 0 bridgehead atoms. The molecule has 108 valence electrons. The molecule has 1 aromatic rings. The van der Waals surface area contributed by atoms with E-state index in [-0.39, 0.29) is 0 Å². The zero-order chi connectivity index (χ0) is 14.4. The Bertz CT molecular complexity index is 386. The number of rotatable bonds is 7. The normalized spacial score (nSPS) is 12.6. The van der Waals surface area contributed by atoms with Crippen molar-refractivity contribution in [3.63, 3.8) is 0 Å². The second kappa shape index (κ2) is 7.39. The lowest BCUT2D eigenvalue weighted by Crippen LogP contribution is -2.29. The SMILES string of the molecule is CCC(CN)CN(C)c1ccc(C(C)C)cc1OC. The van der Waals surface area contributed by atoms with Crippen LogP contribution in [0, 0.1) is 5.92 Å². The Labute approximate surface area is 117 Å². The number of hydrogen-bond donors (Lipinski definition) is 1. The summed E-state index contributed by atoms with van der Waals surface area (Å²) < 4.78 is 5.53. The van der Waals surface area contributed by atoms with Gasteiger partial charge in [-0.1, -0.05) is 33.3 Å². The minimum Gasteiger partial charge on any atom is -0.495 e. The van der Waals surface area contributed by atoms with E-state index in [1.807, 2.05) is 0 Å². The molecule has 0 aliphatic rings. The van der Waals surface area contributed by atoms with Gasteiger partial charge in [0, 0.05) is 13.6 Å². The van der Waals surface area contributed by atoms with Crippen molar-refractivity contribution in [2.24, 2.45) is 11.7 Å². The summed E-state index contributed by atoms with van der Waals surface area (Å²) in [6, 6.07) is 6.47. The van der Waals surface area contributed by atoms with E-state index in [0.29, 0.717) is 11.8 Å². The Balaban J connectivity index is 2.93. The van der Waals surface area contributed by atoms with Crippen LogP contribution in [-0.2, 0) is 0 Å². The van der Waals surface area contributed by atoms with Gasteiger partial charge < -0.3 is 15.4 Å². The van der Waals surface area contributed by atoms with Gasteiger partial charge in [-0.25, -0.2) is 0 Å². The van der Waals surface area contributed by atoms with E-state index in [1.54, 1.807) is 7.11 Å². The third-order valence-electron chi connectivity index (χ3n) is 3.72. The molecule has 3 nitrogen and oxygen atoms in total. The largest absolute Gasteiger partial charge is 0.495 e. The number of anilines is 1. The first-order valence-electron chi connectivity index (χ1n) is 7.12. The van der Waals surface area contributed by atoms with Crippen molar-refractivity contribution in [1.82, 2.24) is 0 Å². The number of nitrogens with zero attached hydrogens (tertiary/aromatic N) is 1. The van der Waals surface area contributed by atoms with Crippen LogP contribution in [0.1, 0.15) is 38.7 Å². The van der Waals surface area contributed by atoms with Gasteiger partial charge in [-0.15, -0.1) is 0 Å². The summed E-state index contributed by atoms with van der Waals surface area (Å²) in [5.41, 5.74) is 8.23. The lowest BCUT2D eigenvalue weighted by Gasteiger charge is -2.26. The van der Waals surface area contributed by atoms with Gasteiger partial charge in [-0.05, 0) is 36.1 Å². The van der Waals surface area contributed by atoms with Crippen molar-refractivity contribution in [3.8, 4) is 5.75 Å². The highest BCUT2D eigenvalue weighted by atomic mass is 16.5. The molecule has 0 spiro atoms. The van der Waals surface area contributed by atoms with Crippen molar-refractivity contribution in [2.75, 3.05) is 32.1 Å². The van der Waals surface area contributed by atoms with Gasteiger partial charge in [0.05, 0.1) is 12.8 Å². The summed E-state index contributed by atoms with van der Waals surface area (Å²) in [4.78, 5) is 2.24. The Morgan fingerprint density at radius 1 is 1.32 bits per heavy atom. The maximum Gasteiger partial charge on any atom is 0.142 e. The number of benzene rings is 1. The standard InChI is InChI=1S/C16H28N2O/c1-6-13(10-17)11-18(4)15-8-7-14(12(2)3)9-16(15)19-5/h7-9,12-13H,6,10-11,17H2,1-5H3. The molecule has 0 heterocycles. The van der Waals surface area contributed by atoms with E-state index < -0.39 is 0 Å². The monoisotopic (exact) mass is 264 g/mol. The summed E-state index contributed by atoms with van der Waals surface area (Å²) in [7, 11) is 3.84. The quantitative estimate of drug-likeness (QED) is 0.821. The summed E-state index contributed by atoms with van der Waals surface area (Å²) in [6.07, 6.45) is 1.10. The fourth-order valence-corrected chi connectivity index (χ4v) is 2.22. The van der Waals surface area contributed by atoms with Gasteiger partial charge in [0.1, 0.15) is 5.75 Å². The van der Waals surface area contributed by atoms with Crippen molar-refractivity contribution in [3.05, 3.63) is 23.8 Å². The molecule has 0 amide bonds. The Morgan fingerprint density at radius 3 is 2.47 bits per heavy atom. The lowest BCUT2D eigenvalue weighted by molar-refractivity contribution is 0.412. The van der Waals surface area contributed by atoms with E-state index >= 15 is 0 Å². The molecule has 1 atom stereocenters. The van der Waals surface area contributed by atoms with Crippen molar-refractivity contribution in [1.29, 1.82) is 0 Å². The van der Waals surface area contributed by atoms with Gasteiger partial charge in [-0.2, -0.15) is 0 Å². The first-order valence-corrected chi connectivity index (χ1v) is 7.12. The highest BCUT2D eigenvalue weighted by Crippen LogP contribution is 2.31. The summed E-state index contributed by atoms with van der Waals surface area (Å²) in [6.45, 7) is 8.27. The molecule has 2 N–H and O–H groups in total. The predicted molar refractivity (Wildman–Crippen MR) is 83.2 cm³/mol. The Kier molecular flexibility index (Phi) is 6.16. The van der Waals surface area contributed by atoms with Gasteiger partial charge in [0.15, 0.2) is 0 Å². The zero-order valence-corrected chi connectivity index (χ0v) is 12.9. The van der Waals surface area contributed by atoms with E-state index in [0.717, 1.165) is 30.9 Å². The second-order valence-corrected chi connectivity index (χ2v) is 5.48. The molecule has 0 saturated carbocycles. The van der Waals surface area contributed by atoms with Crippen LogP contribution in [0.4, 0.5) is 5.69 Å². The zero-order valence-electron chi connectivity index (χ0n) is 12.9. The van der Waals surface area contributed by atoms with Crippen LogP contribution < -0.4 is 15.4 Å². The second-order valence-electron chi connectivity index (χ2n) is 5.48. The van der Waals surface area contributed by atoms with Crippen LogP contribution in [0.5, 0.6) is 5.75 Å². The Morgan fingerprint density at radius 2 is 2.00 bits per heavy atom. The molecule has 0 aromatic heterocycles. The van der Waals surface area contributed by atoms with E-state index in [9.17, 15) is 0 Å². The molecule has 0 radical (unpaired) electrons. The van der Waals surface area contributed by atoms with E-state index in [4.69, 9.17) is 10.5 Å². The van der Waals surface area contributed by atoms with Crippen LogP contribution in [0.25, 0.3) is 0 Å². The van der Waals surface area contributed by atoms with Crippen molar-refractivity contribution >= 4 is 5.69 Å². The first kappa shape index (κ1) is 15.8. The van der Waals surface area contributed by atoms with E-state index in [2.05, 4.69) is 50.9 Å². The maximum atomic E-state index is 5.79. The van der Waals surface area contributed by atoms with Crippen molar-refractivity contribution < 1.29 is 4.74 Å². The smallest absolute Gasteiger partial charge is 0.142 e. The van der Waals surface area contributed by atoms with Crippen LogP contribution in [-0.4, -0.2) is 27.2 Å². The summed E-state index contributed by atoms with van der Waals surface area (Å²) in [5.74, 6) is 1.99. The first-order chi connectivity index (χ1) is 9.03. The molecule has 19 heavy (non-hydrogen) atoms. The minimum atomic E-state index is 0.515. The van der Waals surface area contributed by atoms with Crippen LogP contribution >= 0.6 is 0 Å². The molecule has 0 saturated heterocycles. The van der Waals surface area contributed by atoms with Crippen LogP contribution in [0.15, 0.2) is 18.2 Å². The molecule has 0 aliphatic heterocycles. The van der Waals surface area contributed by atoms with Gasteiger partial charge in [0.25, 0.3) is 0 Å². The number of hydrogen-bond acceptors (Lipinski definition) is 3. The average molecular weight is 264 g/mol. The number of methoxy groups -OCH3 is 1. The lowest BCUT2D eigenvalue weighted by atomic mass is 10.0. The number of ether oxygens (including phenoxy) is 1. The highest BCUT2D eigenvalue weighted by Gasteiger charge is 2.13. The minimum absolute atomic E-state index is 0.515. The number of nitrogens with two attached hydrogens (primary N) is 1. The fraction of sp³-hybridized carbons (Fsp3) is 0.625. The molecule has 1 aromatic carbocycles. The van der Waals surface area contributed by atoms with E-state index in [1.165, 1.54) is 5.56 Å². The molecular formula is C16H28N2O. The molecule has 1 rings (SSSR count). The van der Waals surface area contributed by atoms with Crippen molar-refractivity contribution in [2.45, 2.75) is 33.1 Å². The third-order valence-corrected chi connectivity index (χ3v) is 3.72. The topological polar surface area (TPSA) is 38.5 Å². The average Bonchev–Trinajstić information content (AvgIpc) is 2.43. The third kappa shape index (κ3) is 4.13. The molecule has 0 aliphatic carbocycles. The fourth-order valence-electron chi connectivity index (χ4n) is 2.22. The van der Waals surface area contributed by atoms with Crippen LogP contribution in [0.2, 0.25) is 0 Å². The Hall–Kier alpha value is -1.22. The van der Waals surface area contributed by atoms with Gasteiger partial charge in [0.2, 0.25) is 0 Å². The maximum absolute atomic E-state index is 5.79. The summed E-state index contributed by atoms with van der Waals surface area (Å²) >= 11 is 0. The van der Waals surface area contributed by atoms with Crippen LogP contribution in [0.3, 0.4) is 0 Å². The van der Waals surface area contributed by atoms with Gasteiger partial charge >= 0.3 is 0 Å². The molecule has 0 fully saturated rings. The molecule has 3 heteroatoms. The summed E-state index contributed by atoms with van der Waals surface area (Å²) in [5, 5.41) is 0. The predicted octanol–water partition coefficient (Wildman–Crippen LogP) is 3.24. The molecule has 1 unspecified atom stereocenters. The van der Waals surface area contributed by atoms with Gasteiger partial charge in [-0.3, -0.25) is 0 Å². The molecular weight excluding hydrogens is 236 g/mol.